The van der Waals surface area contributed by atoms with E-state index in [0.29, 0.717) is 50.6 Å². The van der Waals surface area contributed by atoms with Gasteiger partial charge in [-0.05, 0) is 74.1 Å². The lowest BCUT2D eigenvalue weighted by atomic mass is 9.78. The molecule has 2 aromatic heterocycles. The zero-order chi connectivity index (χ0) is 30.4. The van der Waals surface area contributed by atoms with Crippen molar-refractivity contribution >= 4 is 40.9 Å². The van der Waals surface area contributed by atoms with Crippen molar-refractivity contribution in [3.8, 4) is 22.4 Å². The van der Waals surface area contributed by atoms with Crippen molar-refractivity contribution in [2.24, 2.45) is 0 Å². The third kappa shape index (κ3) is 5.44. The first-order chi connectivity index (χ1) is 21.4. The molecule has 0 radical (unpaired) electrons. The van der Waals surface area contributed by atoms with Crippen molar-refractivity contribution in [3.63, 3.8) is 0 Å². The van der Waals surface area contributed by atoms with Crippen LogP contribution in [0.5, 0.6) is 0 Å². The van der Waals surface area contributed by atoms with Crippen molar-refractivity contribution in [1.29, 1.82) is 0 Å². The summed E-state index contributed by atoms with van der Waals surface area (Å²) in [5, 5.41) is 8.42. The first-order valence-corrected chi connectivity index (χ1v) is 15.4. The highest BCUT2D eigenvalue weighted by molar-refractivity contribution is 6.39. The molecule has 0 spiro atoms. The summed E-state index contributed by atoms with van der Waals surface area (Å²) in [4.78, 5) is 31.9. The van der Waals surface area contributed by atoms with Crippen LogP contribution >= 0.6 is 23.2 Å². The molecule has 2 saturated carbocycles. The summed E-state index contributed by atoms with van der Waals surface area (Å²) in [5.74, 6) is 0.736. The standard InChI is InChI=1S/C33H30Cl2N4O5/c1-42-32(40)24-10-9-20(12-25(24)19-4-3-11-36-16-19)37-33(41)39-21-13-22(39)15-23(14-21)43-17-26-30(38-44-31(26)18-7-8-18)29-27(34)5-2-6-28(29)35/h2-6,9-12,16,18,21-23H,7-8,13-15,17H2,1H3,(H,37,41). The number of pyridine rings is 1. The minimum Gasteiger partial charge on any atom is -0.465 e. The van der Waals surface area contributed by atoms with Crippen LogP contribution in [0.25, 0.3) is 22.4 Å². The molecule has 8 rings (SSSR count). The Kier molecular flexibility index (Phi) is 7.78. The van der Waals surface area contributed by atoms with E-state index in [1.54, 1.807) is 54.9 Å². The molecular formula is C33H30Cl2N4O5. The fourth-order valence-electron chi connectivity index (χ4n) is 6.40. The van der Waals surface area contributed by atoms with Gasteiger partial charge in [0.25, 0.3) is 0 Å². The number of halogens is 2. The number of nitrogens with one attached hydrogen (secondary N) is 1. The van der Waals surface area contributed by atoms with Crippen LogP contribution in [0, 0.1) is 0 Å². The zero-order valence-corrected chi connectivity index (χ0v) is 25.5. The summed E-state index contributed by atoms with van der Waals surface area (Å²) in [6, 6.07) is 14.2. The normalized spacial score (nSPS) is 20.6. The minimum absolute atomic E-state index is 0.00385. The molecule has 44 heavy (non-hydrogen) atoms. The Balaban J connectivity index is 1.02. The van der Waals surface area contributed by atoms with Crippen LogP contribution in [0.4, 0.5) is 10.5 Å². The molecule has 9 nitrogen and oxygen atoms in total. The molecule has 1 N–H and O–H groups in total. The van der Waals surface area contributed by atoms with Crippen molar-refractivity contribution in [2.45, 2.75) is 62.8 Å². The van der Waals surface area contributed by atoms with E-state index in [0.717, 1.165) is 49.0 Å². The van der Waals surface area contributed by atoms with Gasteiger partial charge in [-0.3, -0.25) is 4.98 Å². The van der Waals surface area contributed by atoms with Gasteiger partial charge in [-0.1, -0.05) is 40.5 Å². The number of esters is 1. The van der Waals surface area contributed by atoms with Crippen LogP contribution in [-0.2, 0) is 16.1 Å². The summed E-state index contributed by atoms with van der Waals surface area (Å²) in [6.07, 6.45) is 7.86. The number of anilines is 1. The predicted octanol–water partition coefficient (Wildman–Crippen LogP) is 7.73. The molecule has 226 valence electrons. The van der Waals surface area contributed by atoms with Crippen LogP contribution in [0.1, 0.15) is 59.7 Å². The molecule has 2 bridgehead atoms. The molecule has 4 fully saturated rings. The fourth-order valence-corrected chi connectivity index (χ4v) is 6.98. The first-order valence-electron chi connectivity index (χ1n) is 14.7. The number of aromatic nitrogens is 2. The summed E-state index contributed by atoms with van der Waals surface area (Å²) < 4.78 is 17.2. The molecule has 11 heteroatoms. The maximum absolute atomic E-state index is 13.4. The number of carbonyl (C=O) groups is 2. The highest BCUT2D eigenvalue weighted by Gasteiger charge is 2.48. The number of ether oxygens (including phenoxy) is 2. The molecule has 2 aromatic carbocycles. The highest BCUT2D eigenvalue weighted by Crippen LogP contribution is 2.47. The van der Waals surface area contributed by atoms with Crippen molar-refractivity contribution in [1.82, 2.24) is 15.0 Å². The Morgan fingerprint density at radius 3 is 2.50 bits per heavy atom. The Hall–Kier alpha value is -3.92. The number of hydrogen-bond acceptors (Lipinski definition) is 7. The third-order valence-electron chi connectivity index (χ3n) is 8.71. The van der Waals surface area contributed by atoms with E-state index in [4.69, 9.17) is 37.2 Å². The van der Waals surface area contributed by atoms with Crippen LogP contribution in [0.2, 0.25) is 10.0 Å². The van der Waals surface area contributed by atoms with Crippen LogP contribution < -0.4 is 5.32 Å². The number of carbonyl (C=O) groups excluding carboxylic acids is 2. The second-order valence-corrected chi connectivity index (χ2v) is 12.3. The largest absolute Gasteiger partial charge is 0.465 e. The van der Waals surface area contributed by atoms with E-state index in [9.17, 15) is 9.59 Å². The van der Waals surface area contributed by atoms with Gasteiger partial charge in [0.2, 0.25) is 0 Å². The van der Waals surface area contributed by atoms with E-state index in [1.807, 2.05) is 11.0 Å². The minimum atomic E-state index is -0.456. The van der Waals surface area contributed by atoms with Gasteiger partial charge in [-0.15, -0.1) is 0 Å². The maximum atomic E-state index is 13.4. The Bertz CT molecular complexity index is 1690. The molecule has 2 aliphatic carbocycles. The van der Waals surface area contributed by atoms with Crippen LogP contribution in [-0.4, -0.2) is 52.3 Å². The van der Waals surface area contributed by atoms with Gasteiger partial charge < -0.3 is 24.2 Å². The fraction of sp³-hybridized carbons (Fsp3) is 0.333. The van der Waals surface area contributed by atoms with Crippen LogP contribution in [0.3, 0.4) is 0 Å². The summed E-state index contributed by atoms with van der Waals surface area (Å²) in [5.41, 5.74) is 4.57. The first kappa shape index (κ1) is 28.8. The molecule has 2 atom stereocenters. The van der Waals surface area contributed by atoms with E-state index < -0.39 is 5.97 Å². The number of nitrogens with zero attached hydrogens (tertiary/aromatic N) is 3. The Labute approximate surface area is 264 Å². The second kappa shape index (κ2) is 11.9. The molecule has 4 aromatic rings. The predicted molar refractivity (Wildman–Crippen MR) is 166 cm³/mol. The third-order valence-corrected chi connectivity index (χ3v) is 9.34. The summed E-state index contributed by atoms with van der Waals surface area (Å²) in [6.45, 7) is 0.339. The number of amides is 2. The number of hydrogen-bond donors (Lipinski definition) is 1. The summed E-state index contributed by atoms with van der Waals surface area (Å²) in [7, 11) is 1.34. The zero-order valence-electron chi connectivity index (χ0n) is 24.0. The molecule has 2 saturated heterocycles. The average Bonchev–Trinajstić information content (AvgIpc) is 3.79. The monoisotopic (exact) mass is 632 g/mol. The summed E-state index contributed by atoms with van der Waals surface area (Å²) >= 11 is 13.0. The highest BCUT2D eigenvalue weighted by atomic mass is 35.5. The number of benzene rings is 2. The Morgan fingerprint density at radius 2 is 1.82 bits per heavy atom. The quantitative estimate of drug-likeness (QED) is 0.198. The number of fused-ring (bicyclic) bond motifs is 2. The number of piperidine rings is 1. The molecule has 2 unspecified atom stereocenters. The van der Waals surface area contributed by atoms with Crippen molar-refractivity contribution in [3.05, 3.63) is 87.9 Å². The number of urea groups is 1. The molecule has 2 aliphatic heterocycles. The van der Waals surface area contributed by atoms with E-state index in [-0.39, 0.29) is 24.2 Å². The molecule has 2 amide bonds. The van der Waals surface area contributed by atoms with Gasteiger partial charge in [-0.2, -0.15) is 0 Å². The van der Waals surface area contributed by atoms with Gasteiger partial charge in [0, 0.05) is 52.8 Å². The molecular weight excluding hydrogens is 603 g/mol. The Morgan fingerprint density at radius 1 is 1.05 bits per heavy atom. The number of rotatable bonds is 8. The topological polar surface area (TPSA) is 107 Å². The molecule has 4 aliphatic rings. The van der Waals surface area contributed by atoms with E-state index in [2.05, 4.69) is 15.5 Å². The second-order valence-electron chi connectivity index (χ2n) is 11.5. The van der Waals surface area contributed by atoms with Gasteiger partial charge in [0.1, 0.15) is 11.5 Å². The van der Waals surface area contributed by atoms with E-state index >= 15 is 0 Å². The van der Waals surface area contributed by atoms with Crippen LogP contribution in [0.15, 0.2) is 65.4 Å². The molecule has 4 heterocycles. The maximum Gasteiger partial charge on any atom is 0.338 e. The van der Waals surface area contributed by atoms with Crippen molar-refractivity contribution in [2.75, 3.05) is 12.4 Å². The van der Waals surface area contributed by atoms with Gasteiger partial charge in [0.15, 0.2) is 0 Å². The SMILES string of the molecule is COC(=O)c1ccc(NC(=O)N2C3CC(OCc4c(-c5c(Cl)cccc5Cl)noc4C4CC4)CC2C3)cc1-c1cccnc1. The number of methoxy groups -OCH3 is 1. The average molecular weight is 634 g/mol. The lowest BCUT2D eigenvalue weighted by Gasteiger charge is -2.54. The smallest absolute Gasteiger partial charge is 0.338 e. The van der Waals surface area contributed by atoms with Gasteiger partial charge in [-0.25, -0.2) is 9.59 Å². The van der Waals surface area contributed by atoms with E-state index in [1.165, 1.54) is 7.11 Å². The lowest BCUT2D eigenvalue weighted by molar-refractivity contribution is -0.0837. The lowest BCUT2D eigenvalue weighted by Crippen LogP contribution is -2.65. The van der Waals surface area contributed by atoms with Gasteiger partial charge in [0.05, 0.1) is 35.4 Å². The van der Waals surface area contributed by atoms with Crippen molar-refractivity contribution < 1.29 is 23.6 Å². The van der Waals surface area contributed by atoms with Gasteiger partial charge >= 0.3 is 12.0 Å².